The minimum atomic E-state index is -0.749. The van der Waals surface area contributed by atoms with E-state index in [0.717, 1.165) is 11.2 Å². The molecule has 1 aliphatic heterocycles. The molecule has 1 aliphatic rings. The number of fused-ring (bicyclic) bond motifs is 1. The van der Waals surface area contributed by atoms with Gasteiger partial charge in [-0.15, -0.1) is 0 Å². The Kier molecular flexibility index (Phi) is 4.54. The van der Waals surface area contributed by atoms with Gasteiger partial charge in [0, 0.05) is 0 Å². The van der Waals surface area contributed by atoms with Crippen molar-refractivity contribution in [1.82, 2.24) is 15.0 Å². The molecule has 2 aromatic carbocycles. The summed E-state index contributed by atoms with van der Waals surface area (Å²) < 4.78 is 18.9. The van der Waals surface area contributed by atoms with Crippen LogP contribution in [0.15, 0.2) is 59.8 Å². The van der Waals surface area contributed by atoms with Crippen molar-refractivity contribution in [2.24, 2.45) is 5.10 Å². The summed E-state index contributed by atoms with van der Waals surface area (Å²) in [6, 6.07) is 12.9. The fourth-order valence-corrected chi connectivity index (χ4v) is 2.67. The molecule has 28 heavy (non-hydrogen) atoms. The summed E-state index contributed by atoms with van der Waals surface area (Å²) in [6.45, 7) is 0. The van der Waals surface area contributed by atoms with Crippen LogP contribution in [0.3, 0.4) is 0 Å². The van der Waals surface area contributed by atoms with E-state index in [1.54, 1.807) is 48.5 Å². The average molecular weight is 397 g/mol. The lowest BCUT2D eigenvalue weighted by molar-refractivity contribution is 0.0660. The van der Waals surface area contributed by atoms with Crippen LogP contribution >= 0.6 is 11.6 Å². The molecule has 0 saturated heterocycles. The van der Waals surface area contributed by atoms with E-state index in [1.165, 1.54) is 6.21 Å². The van der Waals surface area contributed by atoms with Crippen LogP contribution in [-0.2, 0) is 0 Å². The van der Waals surface area contributed by atoms with Crippen LogP contribution in [0, 0.1) is 5.82 Å². The third kappa shape index (κ3) is 3.33. The van der Waals surface area contributed by atoms with E-state index in [0.29, 0.717) is 22.4 Å². The lowest BCUT2D eigenvalue weighted by Crippen LogP contribution is -2.23. The molecule has 7 nitrogen and oxygen atoms in total. The number of hydrogen-bond acceptors (Lipinski definition) is 6. The Hall–Kier alpha value is -3.65. The maximum Gasteiger partial charge on any atom is 0.282 e. The summed E-state index contributed by atoms with van der Waals surface area (Å²) >= 11 is 5.62. The number of rotatable bonds is 4. The molecule has 0 bridgehead atoms. The van der Waals surface area contributed by atoms with Crippen molar-refractivity contribution in [2.75, 3.05) is 0 Å². The summed E-state index contributed by atoms with van der Waals surface area (Å²) in [4.78, 5) is 31.7. The number of hydrogen-bond donors (Lipinski definition) is 0. The maximum absolute atomic E-state index is 13.6. The SMILES string of the molecule is O=C1c2ccccc2C(=O)N1N=Cc1ccc(Oc2nc(Cl)ncc2F)cc1. The van der Waals surface area contributed by atoms with Gasteiger partial charge in [0.05, 0.1) is 23.5 Å². The van der Waals surface area contributed by atoms with Crippen molar-refractivity contribution in [3.8, 4) is 11.6 Å². The van der Waals surface area contributed by atoms with Gasteiger partial charge in [-0.2, -0.15) is 19.5 Å². The number of amides is 2. The van der Waals surface area contributed by atoms with Gasteiger partial charge in [0.1, 0.15) is 5.75 Å². The monoisotopic (exact) mass is 396 g/mol. The number of hydrazone groups is 1. The van der Waals surface area contributed by atoms with Gasteiger partial charge in [-0.1, -0.05) is 12.1 Å². The molecule has 138 valence electrons. The molecule has 0 spiro atoms. The molecule has 9 heteroatoms. The van der Waals surface area contributed by atoms with Crippen LogP contribution in [0.4, 0.5) is 4.39 Å². The van der Waals surface area contributed by atoms with Gasteiger partial charge in [-0.3, -0.25) is 9.59 Å². The van der Waals surface area contributed by atoms with Crippen LogP contribution in [0.2, 0.25) is 5.28 Å². The highest BCUT2D eigenvalue weighted by molar-refractivity contribution is 6.28. The van der Waals surface area contributed by atoms with E-state index >= 15 is 0 Å². The number of carbonyl (C=O) groups excluding carboxylic acids is 2. The molecule has 0 N–H and O–H groups in total. The first-order chi connectivity index (χ1) is 13.5. The summed E-state index contributed by atoms with van der Waals surface area (Å²) in [7, 11) is 0. The van der Waals surface area contributed by atoms with Crippen LogP contribution in [-0.4, -0.2) is 33.0 Å². The van der Waals surface area contributed by atoms with Crippen molar-refractivity contribution in [1.29, 1.82) is 0 Å². The second-order valence-corrected chi connectivity index (χ2v) is 6.01. The molecule has 0 atom stereocenters. The lowest BCUT2D eigenvalue weighted by atomic mass is 10.1. The average Bonchev–Trinajstić information content (AvgIpc) is 2.95. The highest BCUT2D eigenvalue weighted by Gasteiger charge is 2.35. The van der Waals surface area contributed by atoms with Crippen molar-refractivity contribution in [3.63, 3.8) is 0 Å². The third-order valence-electron chi connectivity index (χ3n) is 3.87. The molecule has 0 fully saturated rings. The van der Waals surface area contributed by atoms with Crippen LogP contribution < -0.4 is 4.74 Å². The zero-order chi connectivity index (χ0) is 19.7. The first-order valence-electron chi connectivity index (χ1n) is 8.00. The zero-order valence-electron chi connectivity index (χ0n) is 14.0. The van der Waals surface area contributed by atoms with Crippen LogP contribution in [0.25, 0.3) is 0 Å². The predicted octanol–water partition coefficient (Wildman–Crippen LogP) is 3.69. The van der Waals surface area contributed by atoms with Crippen molar-refractivity contribution < 1.29 is 18.7 Å². The first kappa shape index (κ1) is 17.7. The Morgan fingerprint density at radius 2 is 1.68 bits per heavy atom. The fraction of sp³-hybridized carbons (Fsp3) is 0. The van der Waals surface area contributed by atoms with Crippen LogP contribution in [0.1, 0.15) is 26.3 Å². The van der Waals surface area contributed by atoms with Gasteiger partial charge in [-0.25, -0.2) is 4.98 Å². The van der Waals surface area contributed by atoms with E-state index in [2.05, 4.69) is 15.1 Å². The lowest BCUT2D eigenvalue weighted by Gasteiger charge is -2.07. The Bertz CT molecular complexity index is 1080. The number of benzene rings is 2. The molecule has 3 aromatic rings. The molecule has 2 heterocycles. The van der Waals surface area contributed by atoms with E-state index in [4.69, 9.17) is 16.3 Å². The Morgan fingerprint density at radius 3 is 2.32 bits per heavy atom. The summed E-state index contributed by atoms with van der Waals surface area (Å²) in [5, 5.41) is 4.65. The summed E-state index contributed by atoms with van der Waals surface area (Å²) in [5.74, 6) is -1.69. The minimum Gasteiger partial charge on any atom is -0.436 e. The number of nitrogens with zero attached hydrogens (tertiary/aromatic N) is 4. The molecular formula is C19H10ClFN4O3. The summed E-state index contributed by atoms with van der Waals surface area (Å²) in [5.41, 5.74) is 1.24. The first-order valence-corrected chi connectivity index (χ1v) is 8.38. The minimum absolute atomic E-state index is 0.138. The van der Waals surface area contributed by atoms with Gasteiger partial charge < -0.3 is 4.74 Å². The van der Waals surface area contributed by atoms with Gasteiger partial charge in [0.15, 0.2) is 0 Å². The van der Waals surface area contributed by atoms with Gasteiger partial charge in [0.25, 0.3) is 17.7 Å². The van der Waals surface area contributed by atoms with Crippen molar-refractivity contribution >= 4 is 29.6 Å². The second-order valence-electron chi connectivity index (χ2n) is 5.68. The smallest absolute Gasteiger partial charge is 0.282 e. The molecule has 1 aromatic heterocycles. The second kappa shape index (κ2) is 7.16. The molecule has 4 rings (SSSR count). The molecule has 0 radical (unpaired) electrons. The number of halogens is 2. The number of carbonyl (C=O) groups is 2. The van der Waals surface area contributed by atoms with E-state index in [1.807, 2.05) is 0 Å². The predicted molar refractivity (Wildman–Crippen MR) is 98.1 cm³/mol. The quantitative estimate of drug-likeness (QED) is 0.381. The molecule has 0 aliphatic carbocycles. The van der Waals surface area contributed by atoms with E-state index < -0.39 is 17.6 Å². The normalized spacial score (nSPS) is 13.3. The van der Waals surface area contributed by atoms with Gasteiger partial charge >= 0.3 is 0 Å². The van der Waals surface area contributed by atoms with Crippen molar-refractivity contribution in [3.05, 3.63) is 82.5 Å². The Balaban J connectivity index is 1.49. The fourth-order valence-electron chi connectivity index (χ4n) is 2.54. The Labute approximate surface area is 163 Å². The standard InChI is InChI=1S/C19H10ClFN4O3/c20-19-22-10-15(21)16(24-19)28-12-7-5-11(6-8-12)9-23-25-17(26)13-3-1-2-4-14(13)18(25)27/h1-10H. The number of aromatic nitrogens is 2. The molecular weight excluding hydrogens is 387 g/mol. The highest BCUT2D eigenvalue weighted by Crippen LogP contribution is 2.24. The Morgan fingerprint density at radius 1 is 1.04 bits per heavy atom. The van der Waals surface area contributed by atoms with Gasteiger partial charge in [0.2, 0.25) is 11.1 Å². The van der Waals surface area contributed by atoms with Gasteiger partial charge in [-0.05, 0) is 53.6 Å². The summed E-state index contributed by atoms with van der Waals surface area (Å²) in [6.07, 6.45) is 2.28. The zero-order valence-corrected chi connectivity index (χ0v) is 14.8. The number of ether oxygens (including phenoxy) is 1. The molecule has 0 saturated carbocycles. The third-order valence-corrected chi connectivity index (χ3v) is 4.05. The number of imide groups is 1. The largest absolute Gasteiger partial charge is 0.436 e. The maximum atomic E-state index is 13.6. The van der Waals surface area contributed by atoms with E-state index in [9.17, 15) is 14.0 Å². The topological polar surface area (TPSA) is 84.8 Å². The molecule has 0 unspecified atom stereocenters. The highest BCUT2D eigenvalue weighted by atomic mass is 35.5. The molecule has 2 amide bonds. The van der Waals surface area contributed by atoms with E-state index in [-0.39, 0.29) is 11.2 Å². The van der Waals surface area contributed by atoms with Crippen molar-refractivity contribution in [2.45, 2.75) is 0 Å². The van der Waals surface area contributed by atoms with Crippen LogP contribution in [0.5, 0.6) is 11.6 Å².